The molecule has 0 aromatic rings. The number of rotatable bonds is 2. The maximum Gasteiger partial charge on any atom is 0.220 e. The normalized spacial score (nSPS) is 31.2. The Labute approximate surface area is 82.7 Å². The molecule has 1 atom stereocenters. The lowest BCUT2D eigenvalue weighted by molar-refractivity contribution is 0.198. The zero-order valence-corrected chi connectivity index (χ0v) is 8.94. The highest BCUT2D eigenvalue weighted by Crippen LogP contribution is 2.23. The summed E-state index contributed by atoms with van der Waals surface area (Å²) in [6.07, 6.45) is 0.656. The summed E-state index contributed by atoms with van der Waals surface area (Å²) < 4.78 is 30.4. The van der Waals surface area contributed by atoms with Gasteiger partial charge >= 0.3 is 0 Å². The summed E-state index contributed by atoms with van der Waals surface area (Å²) in [7, 11) is -3.05. The van der Waals surface area contributed by atoms with Crippen LogP contribution in [0.5, 0.6) is 0 Å². The average Bonchev–Trinajstić information content (AvgIpc) is 2.78. The second kappa shape index (κ2) is 3.76. The molecule has 2 aliphatic heterocycles. The molecule has 0 aromatic carbocycles. The number of hydrogen-bond acceptors (Lipinski definition) is 4. The molecular formula is C7H13NO3S2. The van der Waals surface area contributed by atoms with E-state index in [0.29, 0.717) is 32.1 Å². The Balaban J connectivity index is 2.09. The van der Waals surface area contributed by atoms with Gasteiger partial charge < -0.3 is 4.74 Å². The molecule has 0 spiro atoms. The van der Waals surface area contributed by atoms with E-state index < -0.39 is 10.0 Å². The van der Waals surface area contributed by atoms with E-state index in [1.54, 1.807) is 16.1 Å². The smallest absolute Gasteiger partial charge is 0.220 e. The van der Waals surface area contributed by atoms with E-state index in [4.69, 9.17) is 4.74 Å². The lowest BCUT2D eigenvalue weighted by Gasteiger charge is -2.18. The highest BCUT2D eigenvalue weighted by molar-refractivity contribution is 8.00. The van der Waals surface area contributed by atoms with Crippen molar-refractivity contribution < 1.29 is 13.2 Å². The SMILES string of the molecule is O=S(=O)(C1CCOC1)N1CCSC1. The molecule has 2 rings (SSSR count). The second-order valence-corrected chi connectivity index (χ2v) is 6.53. The molecule has 2 heterocycles. The van der Waals surface area contributed by atoms with Crippen LogP contribution in [0.2, 0.25) is 0 Å². The monoisotopic (exact) mass is 223 g/mol. The highest BCUT2D eigenvalue weighted by Gasteiger charge is 2.36. The Morgan fingerprint density at radius 3 is 2.85 bits per heavy atom. The highest BCUT2D eigenvalue weighted by atomic mass is 32.2. The van der Waals surface area contributed by atoms with Crippen molar-refractivity contribution >= 4 is 21.8 Å². The predicted molar refractivity (Wildman–Crippen MR) is 52.2 cm³/mol. The quantitative estimate of drug-likeness (QED) is 0.666. The molecule has 0 saturated carbocycles. The van der Waals surface area contributed by atoms with Gasteiger partial charge in [-0.25, -0.2) is 8.42 Å². The van der Waals surface area contributed by atoms with Crippen molar-refractivity contribution in [2.24, 2.45) is 0 Å². The van der Waals surface area contributed by atoms with E-state index in [9.17, 15) is 8.42 Å². The number of hydrogen-bond donors (Lipinski definition) is 0. The predicted octanol–water partition coefficient (Wildman–Crippen LogP) is 0.111. The van der Waals surface area contributed by atoms with Gasteiger partial charge in [-0.1, -0.05) is 0 Å². The number of thioether (sulfide) groups is 1. The standard InChI is InChI=1S/C7H13NO3S2/c9-13(10,7-1-3-11-5-7)8-2-4-12-6-8/h7H,1-6H2. The average molecular weight is 223 g/mol. The molecular weight excluding hydrogens is 210 g/mol. The molecule has 0 N–H and O–H groups in total. The Morgan fingerprint density at radius 1 is 1.46 bits per heavy atom. The second-order valence-electron chi connectivity index (χ2n) is 3.24. The van der Waals surface area contributed by atoms with Gasteiger partial charge in [-0.05, 0) is 6.42 Å². The van der Waals surface area contributed by atoms with Crippen LogP contribution in [0, 0.1) is 0 Å². The molecule has 0 radical (unpaired) electrons. The molecule has 0 aliphatic carbocycles. The summed E-state index contributed by atoms with van der Waals surface area (Å²) in [5.74, 6) is 1.55. The minimum absolute atomic E-state index is 0.286. The molecule has 1 unspecified atom stereocenters. The van der Waals surface area contributed by atoms with Crippen LogP contribution in [0.15, 0.2) is 0 Å². The first-order valence-electron chi connectivity index (χ1n) is 4.36. The van der Waals surface area contributed by atoms with Gasteiger partial charge in [0.2, 0.25) is 10.0 Å². The molecule has 0 aromatic heterocycles. The van der Waals surface area contributed by atoms with E-state index in [1.807, 2.05) is 0 Å². The van der Waals surface area contributed by atoms with E-state index in [2.05, 4.69) is 0 Å². The molecule has 0 bridgehead atoms. The van der Waals surface area contributed by atoms with Gasteiger partial charge in [-0.2, -0.15) is 4.31 Å². The molecule has 2 fully saturated rings. The van der Waals surface area contributed by atoms with Crippen LogP contribution in [0.4, 0.5) is 0 Å². The van der Waals surface area contributed by atoms with Crippen molar-refractivity contribution in [3.8, 4) is 0 Å². The van der Waals surface area contributed by atoms with Crippen molar-refractivity contribution in [1.29, 1.82) is 0 Å². The third kappa shape index (κ3) is 1.86. The summed E-state index contributed by atoms with van der Waals surface area (Å²) in [4.78, 5) is 0. The number of ether oxygens (including phenoxy) is 1. The minimum atomic E-state index is -3.05. The summed E-state index contributed by atoms with van der Waals surface area (Å²) in [6, 6.07) is 0. The minimum Gasteiger partial charge on any atom is -0.380 e. The molecule has 2 saturated heterocycles. The largest absolute Gasteiger partial charge is 0.380 e. The van der Waals surface area contributed by atoms with Gasteiger partial charge in [0.25, 0.3) is 0 Å². The lowest BCUT2D eigenvalue weighted by atomic mass is 10.4. The van der Waals surface area contributed by atoms with Gasteiger partial charge in [0.05, 0.1) is 12.5 Å². The van der Waals surface area contributed by atoms with Crippen LogP contribution >= 0.6 is 11.8 Å². The summed E-state index contributed by atoms with van der Waals surface area (Å²) >= 11 is 1.67. The van der Waals surface area contributed by atoms with Crippen LogP contribution in [-0.4, -0.2) is 49.4 Å². The van der Waals surface area contributed by atoms with Crippen LogP contribution in [-0.2, 0) is 14.8 Å². The van der Waals surface area contributed by atoms with Gasteiger partial charge in [-0.3, -0.25) is 0 Å². The first-order valence-corrected chi connectivity index (χ1v) is 7.01. The lowest BCUT2D eigenvalue weighted by Crippen LogP contribution is -2.37. The molecule has 6 heteroatoms. The van der Waals surface area contributed by atoms with E-state index in [0.717, 1.165) is 5.75 Å². The van der Waals surface area contributed by atoms with Gasteiger partial charge in [0.15, 0.2) is 0 Å². The zero-order valence-electron chi connectivity index (χ0n) is 7.31. The van der Waals surface area contributed by atoms with E-state index >= 15 is 0 Å². The maximum atomic E-state index is 11.9. The number of sulfonamides is 1. The van der Waals surface area contributed by atoms with Crippen molar-refractivity contribution in [2.75, 3.05) is 31.4 Å². The number of nitrogens with zero attached hydrogens (tertiary/aromatic N) is 1. The van der Waals surface area contributed by atoms with Crippen LogP contribution in [0.1, 0.15) is 6.42 Å². The first kappa shape index (κ1) is 9.76. The molecule has 76 valence electrons. The van der Waals surface area contributed by atoms with Crippen molar-refractivity contribution in [3.05, 3.63) is 0 Å². The maximum absolute atomic E-state index is 11.9. The molecule has 13 heavy (non-hydrogen) atoms. The van der Waals surface area contributed by atoms with Crippen LogP contribution in [0.25, 0.3) is 0 Å². The zero-order chi connectivity index (χ0) is 9.31. The van der Waals surface area contributed by atoms with Crippen molar-refractivity contribution in [1.82, 2.24) is 4.31 Å². The van der Waals surface area contributed by atoms with E-state index in [1.165, 1.54) is 0 Å². The van der Waals surface area contributed by atoms with Crippen molar-refractivity contribution in [2.45, 2.75) is 11.7 Å². The van der Waals surface area contributed by atoms with Gasteiger partial charge in [0, 0.05) is 18.9 Å². The fourth-order valence-electron chi connectivity index (χ4n) is 1.56. The molecule has 0 amide bonds. The third-order valence-electron chi connectivity index (χ3n) is 2.39. The van der Waals surface area contributed by atoms with Crippen LogP contribution in [0.3, 0.4) is 0 Å². The van der Waals surface area contributed by atoms with Crippen molar-refractivity contribution in [3.63, 3.8) is 0 Å². The Bertz CT molecular complexity index is 243. The fraction of sp³-hybridized carbons (Fsp3) is 1.00. The fourth-order valence-corrected chi connectivity index (χ4v) is 4.72. The first-order chi connectivity index (χ1) is 6.21. The molecule has 4 nitrogen and oxygen atoms in total. The van der Waals surface area contributed by atoms with E-state index in [-0.39, 0.29) is 5.25 Å². The summed E-state index contributed by atoms with van der Waals surface area (Å²) in [5, 5.41) is -0.286. The van der Waals surface area contributed by atoms with Gasteiger partial charge in [0.1, 0.15) is 5.25 Å². The topological polar surface area (TPSA) is 46.6 Å². The Morgan fingerprint density at radius 2 is 2.31 bits per heavy atom. The summed E-state index contributed by atoms with van der Waals surface area (Å²) in [6.45, 7) is 1.64. The van der Waals surface area contributed by atoms with Gasteiger partial charge in [-0.15, -0.1) is 11.8 Å². The third-order valence-corrected chi connectivity index (χ3v) is 5.76. The molecule has 2 aliphatic rings. The summed E-state index contributed by atoms with van der Waals surface area (Å²) in [5.41, 5.74) is 0. The van der Waals surface area contributed by atoms with Crippen LogP contribution < -0.4 is 0 Å². The Hall–Kier alpha value is 0.220. The Kier molecular flexibility index (Phi) is 2.83.